The van der Waals surface area contributed by atoms with Gasteiger partial charge in [0.15, 0.2) is 0 Å². The average molecular weight is 306 g/mol. The molecular formula is C12H8ClF4N3. The molecule has 1 aromatic heterocycles. The van der Waals surface area contributed by atoms with Crippen molar-refractivity contribution in [2.75, 3.05) is 11.1 Å². The Morgan fingerprint density at radius 2 is 1.90 bits per heavy atom. The summed E-state index contributed by atoms with van der Waals surface area (Å²) in [6.45, 7) is 0. The van der Waals surface area contributed by atoms with Crippen LogP contribution >= 0.6 is 11.6 Å². The van der Waals surface area contributed by atoms with Crippen LogP contribution in [0.3, 0.4) is 0 Å². The summed E-state index contributed by atoms with van der Waals surface area (Å²) in [4.78, 5) is 3.21. The minimum atomic E-state index is -4.58. The van der Waals surface area contributed by atoms with E-state index in [0.717, 1.165) is 18.3 Å². The average Bonchev–Trinajstić information content (AvgIpc) is 2.35. The molecule has 0 aliphatic heterocycles. The van der Waals surface area contributed by atoms with Crippen LogP contribution in [0.1, 0.15) is 5.69 Å². The van der Waals surface area contributed by atoms with Gasteiger partial charge in [0.1, 0.15) is 11.5 Å². The van der Waals surface area contributed by atoms with Crippen LogP contribution in [0.4, 0.5) is 34.6 Å². The molecule has 0 radical (unpaired) electrons. The van der Waals surface area contributed by atoms with Crippen LogP contribution in [0.15, 0.2) is 30.5 Å². The second kappa shape index (κ2) is 5.16. The number of benzene rings is 1. The van der Waals surface area contributed by atoms with Crippen molar-refractivity contribution < 1.29 is 17.6 Å². The summed E-state index contributed by atoms with van der Waals surface area (Å²) in [7, 11) is 0. The molecule has 3 nitrogen and oxygen atoms in total. The van der Waals surface area contributed by atoms with Gasteiger partial charge in [-0.05, 0) is 24.3 Å². The summed E-state index contributed by atoms with van der Waals surface area (Å²) >= 11 is 5.59. The number of anilines is 3. The number of rotatable bonds is 2. The molecule has 0 bridgehead atoms. The quantitative estimate of drug-likeness (QED) is 0.817. The van der Waals surface area contributed by atoms with E-state index in [4.69, 9.17) is 17.3 Å². The van der Waals surface area contributed by atoms with Crippen LogP contribution in [0.25, 0.3) is 0 Å². The zero-order valence-corrected chi connectivity index (χ0v) is 10.6. The second-order valence-corrected chi connectivity index (χ2v) is 4.32. The van der Waals surface area contributed by atoms with E-state index in [1.54, 1.807) is 0 Å². The van der Waals surface area contributed by atoms with Crippen molar-refractivity contribution in [1.82, 2.24) is 4.98 Å². The highest BCUT2D eigenvalue weighted by molar-refractivity contribution is 6.31. The molecule has 0 fully saturated rings. The number of pyridine rings is 1. The normalized spacial score (nSPS) is 11.4. The van der Waals surface area contributed by atoms with Crippen molar-refractivity contribution in [1.29, 1.82) is 0 Å². The lowest BCUT2D eigenvalue weighted by Gasteiger charge is -2.12. The van der Waals surface area contributed by atoms with E-state index in [1.165, 1.54) is 12.1 Å². The first-order valence-corrected chi connectivity index (χ1v) is 5.70. The van der Waals surface area contributed by atoms with Gasteiger partial charge >= 0.3 is 6.18 Å². The van der Waals surface area contributed by atoms with Gasteiger partial charge in [-0.2, -0.15) is 13.2 Å². The summed E-state index contributed by atoms with van der Waals surface area (Å²) in [6.07, 6.45) is -3.68. The Morgan fingerprint density at radius 1 is 1.20 bits per heavy atom. The van der Waals surface area contributed by atoms with Gasteiger partial charge in [0.05, 0.1) is 22.6 Å². The smallest absolute Gasteiger partial charge is 0.396 e. The van der Waals surface area contributed by atoms with Crippen LogP contribution in [-0.2, 0) is 6.18 Å². The summed E-state index contributed by atoms with van der Waals surface area (Å²) < 4.78 is 50.7. The van der Waals surface area contributed by atoms with E-state index in [-0.39, 0.29) is 16.4 Å². The van der Waals surface area contributed by atoms with E-state index in [1.807, 2.05) is 0 Å². The number of alkyl halides is 3. The Morgan fingerprint density at radius 3 is 2.50 bits per heavy atom. The minimum absolute atomic E-state index is 0.00926. The number of nitrogen functional groups attached to an aromatic ring is 1. The molecule has 3 N–H and O–H groups in total. The zero-order chi connectivity index (χ0) is 14.9. The summed E-state index contributed by atoms with van der Waals surface area (Å²) in [5, 5.41) is 2.48. The topological polar surface area (TPSA) is 50.9 Å². The van der Waals surface area contributed by atoms with Crippen molar-refractivity contribution in [3.05, 3.63) is 47.0 Å². The van der Waals surface area contributed by atoms with Gasteiger partial charge in [0, 0.05) is 5.69 Å². The molecule has 0 spiro atoms. The maximum absolute atomic E-state index is 13.0. The molecule has 0 aliphatic carbocycles. The van der Waals surface area contributed by atoms with Crippen molar-refractivity contribution in [3.63, 3.8) is 0 Å². The van der Waals surface area contributed by atoms with Gasteiger partial charge in [0.25, 0.3) is 0 Å². The third-order valence-electron chi connectivity index (χ3n) is 2.42. The number of hydrogen-bond donors (Lipinski definition) is 2. The maximum atomic E-state index is 13.0. The summed E-state index contributed by atoms with van der Waals surface area (Å²) in [5.74, 6) is -0.629. The van der Waals surface area contributed by atoms with E-state index in [2.05, 4.69) is 10.3 Å². The molecule has 1 aromatic carbocycles. The van der Waals surface area contributed by atoms with Crippen LogP contribution in [0.2, 0.25) is 5.02 Å². The number of hydrogen-bond acceptors (Lipinski definition) is 3. The molecule has 106 valence electrons. The fourth-order valence-electron chi connectivity index (χ4n) is 1.46. The Labute approximate surface area is 116 Å². The molecule has 0 atom stereocenters. The molecule has 0 saturated carbocycles. The number of halogens is 5. The van der Waals surface area contributed by atoms with Crippen LogP contribution in [0, 0.1) is 5.82 Å². The lowest BCUT2D eigenvalue weighted by atomic mass is 10.2. The third kappa shape index (κ3) is 3.11. The highest BCUT2D eigenvalue weighted by atomic mass is 35.5. The molecule has 8 heteroatoms. The Kier molecular flexibility index (Phi) is 3.71. The van der Waals surface area contributed by atoms with E-state index >= 15 is 0 Å². The molecular weight excluding hydrogens is 298 g/mol. The first-order chi connectivity index (χ1) is 9.27. The number of nitrogens with zero attached hydrogens (tertiary/aromatic N) is 1. The monoisotopic (exact) mass is 305 g/mol. The molecule has 0 amide bonds. The van der Waals surface area contributed by atoms with Gasteiger partial charge in [-0.1, -0.05) is 11.6 Å². The summed E-state index contributed by atoms with van der Waals surface area (Å²) in [5.41, 5.74) is 4.81. The Hall–Kier alpha value is -2.02. The highest BCUT2D eigenvalue weighted by Crippen LogP contribution is 2.32. The molecule has 0 saturated heterocycles. The molecule has 20 heavy (non-hydrogen) atoms. The highest BCUT2D eigenvalue weighted by Gasteiger charge is 2.32. The fraction of sp³-hybridized carbons (Fsp3) is 0.0833. The predicted octanol–water partition coefficient (Wildman–Crippen LogP) is 4.22. The zero-order valence-electron chi connectivity index (χ0n) is 9.80. The van der Waals surface area contributed by atoms with Crippen molar-refractivity contribution in [3.8, 4) is 0 Å². The molecule has 2 rings (SSSR count). The van der Waals surface area contributed by atoms with Crippen molar-refractivity contribution >= 4 is 28.7 Å². The van der Waals surface area contributed by atoms with E-state index in [9.17, 15) is 17.6 Å². The number of aromatic nitrogens is 1. The van der Waals surface area contributed by atoms with E-state index in [0.29, 0.717) is 5.69 Å². The molecule has 0 aliphatic rings. The fourth-order valence-corrected chi connectivity index (χ4v) is 1.64. The van der Waals surface area contributed by atoms with Gasteiger partial charge < -0.3 is 11.1 Å². The predicted molar refractivity (Wildman–Crippen MR) is 68.3 cm³/mol. The number of nitrogens with one attached hydrogen (secondary N) is 1. The minimum Gasteiger partial charge on any atom is -0.396 e. The molecule has 0 unspecified atom stereocenters. The third-order valence-corrected chi connectivity index (χ3v) is 2.71. The first kappa shape index (κ1) is 14.4. The lowest BCUT2D eigenvalue weighted by molar-refractivity contribution is -0.141. The summed E-state index contributed by atoms with van der Waals surface area (Å²) in [6, 6.07) is 4.43. The lowest BCUT2D eigenvalue weighted by Crippen LogP contribution is -2.09. The standard InChI is InChI=1S/C12H8ClF4N3/c13-7-3-6(1-2-8(7)14)20-10-4-11(12(15,16)17)19-5-9(10)18/h1-5H,18H2,(H,19,20). The first-order valence-electron chi connectivity index (χ1n) is 5.32. The molecule has 1 heterocycles. The van der Waals surface area contributed by atoms with E-state index < -0.39 is 17.7 Å². The maximum Gasteiger partial charge on any atom is 0.433 e. The van der Waals surface area contributed by atoms with Gasteiger partial charge in [-0.15, -0.1) is 0 Å². The van der Waals surface area contributed by atoms with Gasteiger partial charge in [0.2, 0.25) is 0 Å². The van der Waals surface area contributed by atoms with Crippen LogP contribution < -0.4 is 11.1 Å². The SMILES string of the molecule is Nc1cnc(C(F)(F)F)cc1Nc1ccc(F)c(Cl)c1. The Bertz CT molecular complexity index is 643. The van der Waals surface area contributed by atoms with Crippen LogP contribution in [0.5, 0.6) is 0 Å². The Balaban J connectivity index is 2.35. The van der Waals surface area contributed by atoms with Crippen molar-refractivity contribution in [2.45, 2.75) is 6.18 Å². The largest absolute Gasteiger partial charge is 0.433 e. The second-order valence-electron chi connectivity index (χ2n) is 3.91. The number of nitrogens with two attached hydrogens (primary N) is 1. The molecule has 2 aromatic rings. The van der Waals surface area contributed by atoms with Crippen LogP contribution in [-0.4, -0.2) is 4.98 Å². The van der Waals surface area contributed by atoms with Gasteiger partial charge in [-0.3, -0.25) is 0 Å². The van der Waals surface area contributed by atoms with Gasteiger partial charge in [-0.25, -0.2) is 9.37 Å². The van der Waals surface area contributed by atoms with Crippen molar-refractivity contribution in [2.24, 2.45) is 0 Å².